The van der Waals surface area contributed by atoms with Gasteiger partial charge in [-0.25, -0.2) is 9.59 Å². The van der Waals surface area contributed by atoms with Crippen molar-refractivity contribution in [3.05, 3.63) is 119 Å². The largest absolute Gasteiger partial charge is 0.445 e. The van der Waals surface area contributed by atoms with Gasteiger partial charge in [-0.3, -0.25) is 38.4 Å². The molecule has 3 saturated carbocycles. The van der Waals surface area contributed by atoms with E-state index in [4.69, 9.17) is 43.6 Å². The minimum absolute atomic E-state index is 0.0122. The molecule has 28 heteroatoms. The second-order valence-corrected chi connectivity index (χ2v) is 29.4. The van der Waals surface area contributed by atoms with E-state index in [1.807, 2.05) is 61.5 Å². The highest BCUT2D eigenvalue weighted by molar-refractivity contribution is 6.01. The van der Waals surface area contributed by atoms with Crippen molar-refractivity contribution in [2.24, 2.45) is 40.2 Å². The van der Waals surface area contributed by atoms with Crippen molar-refractivity contribution in [1.82, 2.24) is 31.5 Å². The van der Waals surface area contributed by atoms with E-state index in [0.29, 0.717) is 82.0 Å². The molecule has 0 aromatic heterocycles. The van der Waals surface area contributed by atoms with Crippen molar-refractivity contribution in [3.63, 3.8) is 0 Å². The summed E-state index contributed by atoms with van der Waals surface area (Å²) in [5, 5.41) is 28.3. The number of anilines is 2. The number of hydrogen-bond donors (Lipinski definition) is 8. The highest BCUT2D eigenvalue weighted by Crippen LogP contribution is 2.70. The zero-order valence-electron chi connectivity index (χ0n) is 62.5. The predicted octanol–water partition coefficient (Wildman–Crippen LogP) is 5.93. The molecule has 3 heterocycles. The Balaban J connectivity index is 0.584. The van der Waals surface area contributed by atoms with E-state index >= 15 is 0 Å². The quantitative estimate of drug-likeness (QED) is 0.0243. The lowest BCUT2D eigenvalue weighted by Gasteiger charge is -2.59. The fourth-order valence-electron chi connectivity index (χ4n) is 16.5. The number of fused-ring (bicyclic) bond motifs is 9. The van der Waals surface area contributed by atoms with Gasteiger partial charge in [0, 0.05) is 72.5 Å². The molecule has 0 bridgehead atoms. The average Bonchev–Trinajstić information content (AvgIpc) is 1.48. The maximum atomic E-state index is 15.0. The van der Waals surface area contributed by atoms with Crippen LogP contribution in [-0.4, -0.2) is 197 Å². The number of para-hydroxylation sites is 1. The number of primary amides is 1. The van der Waals surface area contributed by atoms with E-state index in [1.54, 1.807) is 55.2 Å². The van der Waals surface area contributed by atoms with Crippen molar-refractivity contribution in [2.75, 3.05) is 95.9 Å². The highest BCUT2D eigenvalue weighted by atomic mass is 16.7. The van der Waals surface area contributed by atoms with Crippen LogP contribution < -0.4 is 42.5 Å². The molecule has 3 aromatic carbocycles. The highest BCUT2D eigenvalue weighted by Gasteiger charge is 2.76. The van der Waals surface area contributed by atoms with Gasteiger partial charge < -0.3 is 90.4 Å². The third-order valence-electron chi connectivity index (χ3n) is 21.9. The fraction of sp³-hybridized carbons (Fsp3) is 0.575. The number of amides is 9. The van der Waals surface area contributed by atoms with Gasteiger partial charge in [0.15, 0.2) is 23.5 Å². The topological polar surface area (TPSA) is 369 Å². The van der Waals surface area contributed by atoms with Gasteiger partial charge >= 0.3 is 12.1 Å². The lowest BCUT2D eigenvalue weighted by molar-refractivity contribution is -0.203. The number of nitrogens with one attached hydrogen (secondary N) is 6. The first-order chi connectivity index (χ1) is 52.0. The molecular formula is C80H105N9O19. The molecule has 10 rings (SSSR count). The van der Waals surface area contributed by atoms with E-state index in [-0.39, 0.29) is 138 Å². The van der Waals surface area contributed by atoms with Crippen LogP contribution >= 0.6 is 0 Å². The number of hydrogen-bond acceptors (Lipinski definition) is 19. The molecule has 3 aromatic rings. The van der Waals surface area contributed by atoms with Gasteiger partial charge in [-0.05, 0) is 129 Å². The van der Waals surface area contributed by atoms with E-state index in [0.717, 1.165) is 41.5 Å². The molecule has 12 atom stereocenters. The van der Waals surface area contributed by atoms with Gasteiger partial charge in [-0.2, -0.15) is 0 Å². The van der Waals surface area contributed by atoms with Gasteiger partial charge in [0.1, 0.15) is 38.1 Å². The van der Waals surface area contributed by atoms with Gasteiger partial charge in [0.25, 0.3) is 0 Å². The number of ketones is 2. The number of allylic oxidation sites excluding steroid dienone is 4. The summed E-state index contributed by atoms with van der Waals surface area (Å²) in [6.07, 6.45) is 6.89. The number of urea groups is 1. The lowest BCUT2D eigenvalue weighted by Crippen LogP contribution is -2.63. The van der Waals surface area contributed by atoms with Gasteiger partial charge in [0.05, 0.1) is 77.3 Å². The number of nitrogens with two attached hydrogens (primary N) is 1. The number of nitrogens with zero attached hydrogens (tertiary/aromatic N) is 2. The first kappa shape index (κ1) is 81.6. The van der Waals surface area contributed by atoms with Crippen LogP contribution in [0.15, 0.2) is 96.6 Å². The molecule has 5 fully saturated rings. The number of Topliss-reactive ketones (excluding diaryl/α,β-unsaturated/α-hetero) is 1. The molecule has 9 N–H and O–H groups in total. The van der Waals surface area contributed by atoms with Crippen LogP contribution in [0.25, 0.3) is 0 Å². The van der Waals surface area contributed by atoms with Gasteiger partial charge in [-0.1, -0.05) is 107 Å². The molecule has 2 unspecified atom stereocenters. The molecular weight excluding hydrogens is 1390 g/mol. The first-order valence-corrected chi connectivity index (χ1v) is 37.9. The Bertz CT molecular complexity index is 3840. The summed E-state index contributed by atoms with van der Waals surface area (Å²) in [4.78, 5) is 135. The smallest absolute Gasteiger partial charge is 0.407 e. The molecule has 584 valence electrons. The molecule has 3 aliphatic heterocycles. The number of ether oxygens (including phenoxy) is 8. The summed E-state index contributed by atoms with van der Waals surface area (Å²) in [5.41, 5.74) is 7.78. The Kier molecular flexibility index (Phi) is 29.0. The van der Waals surface area contributed by atoms with Crippen molar-refractivity contribution < 1.29 is 90.9 Å². The SMILES string of the molecule is CCCC1O[C@@H]2C[C@H]3[C@@H]4CCC5=CC(=O)C=C[C@]5(C)[C@H]4[C@@H](O)C[C@]3(C)[C@]2(C(=O)COC2CCCN2C(=O)CNC(=O)OCc2ccc(NC(=O)[C@H](CCCNC(N)=O)NC(=O)[C@@H](NC(=O)CCOCCOCCOCCOCCNC(=O)CCC(=O)N3Cc4ccccc4C#Cc4ccccc43)C(C)C)cc2)O1. The zero-order chi connectivity index (χ0) is 77.0. The summed E-state index contributed by atoms with van der Waals surface area (Å²) < 4.78 is 47.5. The van der Waals surface area contributed by atoms with E-state index in [9.17, 15) is 53.1 Å². The molecule has 0 spiro atoms. The van der Waals surface area contributed by atoms with E-state index in [1.165, 1.54) is 4.90 Å². The number of rotatable bonds is 38. The van der Waals surface area contributed by atoms with E-state index < -0.39 is 95.5 Å². The Morgan fingerprint density at radius 3 is 2.20 bits per heavy atom. The summed E-state index contributed by atoms with van der Waals surface area (Å²) in [5.74, 6) is 3.04. The Morgan fingerprint density at radius 1 is 0.769 bits per heavy atom. The van der Waals surface area contributed by atoms with Crippen molar-refractivity contribution >= 4 is 70.5 Å². The minimum Gasteiger partial charge on any atom is -0.445 e. The Morgan fingerprint density at radius 2 is 1.47 bits per heavy atom. The summed E-state index contributed by atoms with van der Waals surface area (Å²) in [6.45, 7) is 11.8. The first-order valence-electron chi connectivity index (χ1n) is 37.9. The van der Waals surface area contributed by atoms with Crippen molar-refractivity contribution in [3.8, 4) is 11.8 Å². The zero-order valence-corrected chi connectivity index (χ0v) is 62.5. The molecule has 108 heavy (non-hydrogen) atoms. The third kappa shape index (κ3) is 20.3. The summed E-state index contributed by atoms with van der Waals surface area (Å²) >= 11 is 0. The van der Waals surface area contributed by atoms with Gasteiger partial charge in [0.2, 0.25) is 35.4 Å². The Labute approximate surface area is 630 Å². The normalized spacial score (nSPS) is 24.8. The number of aliphatic hydroxyl groups is 1. The van der Waals surface area contributed by atoms with Crippen LogP contribution in [0.2, 0.25) is 0 Å². The van der Waals surface area contributed by atoms with Crippen molar-refractivity contribution in [2.45, 2.75) is 174 Å². The predicted molar refractivity (Wildman–Crippen MR) is 395 cm³/mol. The Hall–Kier alpha value is -8.92. The molecule has 0 radical (unpaired) electrons. The number of alkyl carbamates (subject to hydrolysis) is 1. The number of likely N-dealkylation sites (tertiary alicyclic amines) is 1. The molecule has 28 nitrogen and oxygen atoms in total. The fourth-order valence-corrected chi connectivity index (χ4v) is 16.5. The van der Waals surface area contributed by atoms with Crippen LogP contribution in [-0.2, 0) is 89.4 Å². The second-order valence-electron chi connectivity index (χ2n) is 29.4. The van der Waals surface area contributed by atoms with Crippen molar-refractivity contribution in [1.29, 1.82) is 0 Å². The average molecular weight is 1500 g/mol. The van der Waals surface area contributed by atoms with Gasteiger partial charge in [-0.15, -0.1) is 0 Å². The van der Waals surface area contributed by atoms with E-state index in [2.05, 4.69) is 57.6 Å². The van der Waals surface area contributed by atoms with Crippen LogP contribution in [0.4, 0.5) is 21.0 Å². The standard InChI is InChI=1S/C80H105N9O19/c1-6-13-71-107-65-45-60-59-27-24-56-44-58(90)30-32-78(56,4)72(59)63(91)46-79(60,5)80(65,108-71)64(92)50-105-70-19-12-35-88(70)69(96)47-84-77(100)106-49-52-20-25-57(26-21-52)85-74(97)61(17-11-33-83-76(81)99)86-75(98)73(51(2)3)87-67(94)31-36-101-38-40-103-42-43-104-41-39-102-37-34-82-66(93)28-29-68(95)89-48-55-16-8-7-14-53(55)22-23-54-15-9-10-18-62(54)89/h7-10,14-16,18,20-21,25-26,30,32,44,51,59-61,63,65,70-73,91H,6,11-13,17,19,24,27-29,31,33-43,45-50H2,1-5H3,(H,82,93)(H,84,100)(H,85,97)(H,86,98)(H,87,94)(H3,81,83,99)/t59-,60-,61-,63-,65+,70?,71?,72+,73-,78-,79-,80+/m0/s1. The molecule has 7 aliphatic rings. The maximum absolute atomic E-state index is 15.0. The lowest BCUT2D eigenvalue weighted by atomic mass is 9.46. The maximum Gasteiger partial charge on any atom is 0.407 e. The monoisotopic (exact) mass is 1500 g/mol. The van der Waals surface area contributed by atoms with Crippen LogP contribution in [0.3, 0.4) is 0 Å². The van der Waals surface area contributed by atoms with Crippen LogP contribution in [0.5, 0.6) is 0 Å². The summed E-state index contributed by atoms with van der Waals surface area (Å²) in [7, 11) is 0. The second kappa shape index (κ2) is 38.4. The molecule has 9 amide bonds. The van der Waals surface area contributed by atoms with Crippen LogP contribution in [0.1, 0.15) is 140 Å². The summed E-state index contributed by atoms with van der Waals surface area (Å²) in [6, 6.07) is 18.7. The number of carbonyl (C=O) groups is 10. The van der Waals surface area contributed by atoms with Crippen LogP contribution in [0, 0.1) is 46.3 Å². The molecule has 2 saturated heterocycles. The third-order valence-corrected chi connectivity index (χ3v) is 21.9. The molecule has 4 aliphatic carbocycles. The number of carbonyl (C=O) groups excluding carboxylic acids is 10. The number of aliphatic hydroxyl groups excluding tert-OH is 1. The number of benzene rings is 3. The minimum atomic E-state index is -1.39.